The van der Waals surface area contributed by atoms with Crippen LogP contribution in [-0.2, 0) is 14.3 Å². The second kappa shape index (κ2) is 5.34. The number of rotatable bonds is 2. The van der Waals surface area contributed by atoms with Gasteiger partial charge in [-0.05, 0) is 49.2 Å². The van der Waals surface area contributed by atoms with Crippen LogP contribution in [0.3, 0.4) is 0 Å². The van der Waals surface area contributed by atoms with Gasteiger partial charge in [0.1, 0.15) is 5.60 Å². The summed E-state index contributed by atoms with van der Waals surface area (Å²) in [6, 6.07) is 0. The Morgan fingerprint density at radius 3 is 2.85 bits per heavy atom. The third-order valence-corrected chi connectivity index (χ3v) is 9.19. The third kappa shape index (κ3) is 1.93. The Balaban J connectivity index is 1.60. The van der Waals surface area contributed by atoms with E-state index in [1.807, 2.05) is 13.0 Å². The van der Waals surface area contributed by atoms with Crippen LogP contribution in [0.2, 0.25) is 0 Å². The molecule has 5 heteroatoms. The van der Waals surface area contributed by atoms with Crippen LogP contribution in [-0.4, -0.2) is 40.4 Å². The SMILES string of the molecule is C[C@@H]1C[C@H]2C3CCC4=CC(=O)C=C[C@]4(C)C3[C@H]3O[C@H]3[C@]2(C)[C@@]1(O)C(=O)CCl. The number of epoxide rings is 1. The lowest BCUT2D eigenvalue weighted by Crippen LogP contribution is -2.62. The quantitative estimate of drug-likeness (QED) is 0.581. The Labute approximate surface area is 165 Å². The fraction of sp³-hybridized carbons (Fsp3) is 0.727. The van der Waals surface area contributed by atoms with Gasteiger partial charge in [0.05, 0.1) is 18.1 Å². The van der Waals surface area contributed by atoms with Crippen LogP contribution in [0.15, 0.2) is 23.8 Å². The van der Waals surface area contributed by atoms with Gasteiger partial charge in [0.15, 0.2) is 11.6 Å². The third-order valence-electron chi connectivity index (χ3n) is 8.95. The fourth-order valence-corrected chi connectivity index (χ4v) is 7.80. The molecule has 1 heterocycles. The van der Waals surface area contributed by atoms with E-state index in [0.717, 1.165) is 19.3 Å². The van der Waals surface area contributed by atoms with Crippen molar-refractivity contribution in [2.45, 2.75) is 57.8 Å². The van der Waals surface area contributed by atoms with Crippen molar-refractivity contribution in [2.24, 2.45) is 34.5 Å². The average molecular weight is 391 g/mol. The number of Topliss-reactive ketones (excluding diaryl/α,β-unsaturated/α-hetero) is 1. The topological polar surface area (TPSA) is 66.9 Å². The standard InChI is InChI=1S/C22H27ClO4/c1-11-8-15-14-5-4-12-9-13(24)6-7-20(12,2)17(14)18-19(27-18)21(15,3)22(11,26)16(25)10-23/h6-7,9,11,14-15,17-19,26H,4-5,8,10H2,1-3H3/t11-,14?,15+,17?,18-,19-,20+,21-,22+/m1/s1. The average Bonchev–Trinajstić information content (AvgIpc) is 3.40. The highest BCUT2D eigenvalue weighted by atomic mass is 35.5. The van der Waals surface area contributed by atoms with Crippen molar-refractivity contribution in [3.05, 3.63) is 23.8 Å². The van der Waals surface area contributed by atoms with Crippen LogP contribution in [0.1, 0.15) is 40.0 Å². The number of carbonyl (C=O) groups excluding carboxylic acids is 2. The van der Waals surface area contributed by atoms with Gasteiger partial charge >= 0.3 is 0 Å². The highest BCUT2D eigenvalue weighted by Gasteiger charge is 2.79. The normalized spacial score (nSPS) is 55.1. The van der Waals surface area contributed by atoms with Gasteiger partial charge in [0, 0.05) is 16.7 Å². The van der Waals surface area contributed by atoms with Crippen LogP contribution in [0.25, 0.3) is 0 Å². The van der Waals surface area contributed by atoms with Gasteiger partial charge < -0.3 is 9.84 Å². The van der Waals surface area contributed by atoms with E-state index in [-0.39, 0.29) is 46.9 Å². The zero-order chi connectivity index (χ0) is 19.4. The van der Waals surface area contributed by atoms with E-state index >= 15 is 0 Å². The number of aliphatic hydroxyl groups is 1. The van der Waals surface area contributed by atoms with Gasteiger partial charge in [-0.15, -0.1) is 11.6 Å². The second-order valence-corrected chi connectivity index (χ2v) is 10.1. The molecule has 146 valence electrons. The number of hydrogen-bond acceptors (Lipinski definition) is 4. The van der Waals surface area contributed by atoms with Crippen LogP contribution in [0.5, 0.6) is 0 Å². The van der Waals surface area contributed by atoms with Crippen LogP contribution < -0.4 is 0 Å². The molecule has 2 unspecified atom stereocenters. The molecule has 9 atom stereocenters. The smallest absolute Gasteiger partial charge is 0.179 e. The molecule has 0 spiro atoms. The lowest BCUT2D eigenvalue weighted by Gasteiger charge is -2.55. The first-order valence-electron chi connectivity index (χ1n) is 10.1. The molecular weight excluding hydrogens is 364 g/mol. The lowest BCUT2D eigenvalue weighted by atomic mass is 9.47. The second-order valence-electron chi connectivity index (χ2n) is 9.79. The van der Waals surface area contributed by atoms with Gasteiger partial charge in [-0.25, -0.2) is 0 Å². The molecule has 0 aromatic rings. The van der Waals surface area contributed by atoms with Crippen molar-refractivity contribution in [2.75, 3.05) is 5.88 Å². The van der Waals surface area contributed by atoms with Crippen LogP contribution in [0, 0.1) is 34.5 Å². The first-order chi connectivity index (χ1) is 12.7. The summed E-state index contributed by atoms with van der Waals surface area (Å²) in [5.74, 6) is 0.415. The summed E-state index contributed by atoms with van der Waals surface area (Å²) in [7, 11) is 0. The Bertz CT molecular complexity index is 802. The highest BCUT2D eigenvalue weighted by Crippen LogP contribution is 2.73. The summed E-state index contributed by atoms with van der Waals surface area (Å²) >= 11 is 5.91. The zero-order valence-electron chi connectivity index (χ0n) is 16.1. The summed E-state index contributed by atoms with van der Waals surface area (Å²) in [5, 5.41) is 11.6. The molecule has 5 aliphatic rings. The first kappa shape index (κ1) is 18.1. The molecule has 0 radical (unpaired) electrons. The summed E-state index contributed by atoms with van der Waals surface area (Å²) < 4.78 is 6.24. The molecular formula is C22H27ClO4. The monoisotopic (exact) mass is 390 g/mol. The van der Waals surface area contributed by atoms with Crippen molar-refractivity contribution in [1.29, 1.82) is 0 Å². The summed E-state index contributed by atoms with van der Waals surface area (Å²) in [4.78, 5) is 24.7. The van der Waals surface area contributed by atoms with Gasteiger partial charge in [-0.1, -0.05) is 32.4 Å². The Kier molecular flexibility index (Phi) is 3.58. The van der Waals surface area contributed by atoms with Crippen molar-refractivity contribution in [1.82, 2.24) is 0 Å². The van der Waals surface area contributed by atoms with Crippen molar-refractivity contribution in [3.63, 3.8) is 0 Å². The molecule has 0 aromatic heterocycles. The molecule has 3 saturated carbocycles. The minimum Gasteiger partial charge on any atom is -0.381 e. The Morgan fingerprint density at radius 2 is 2.15 bits per heavy atom. The predicted molar refractivity (Wildman–Crippen MR) is 101 cm³/mol. The first-order valence-corrected chi connectivity index (χ1v) is 10.6. The number of ketones is 2. The van der Waals surface area contributed by atoms with Gasteiger partial charge in [0.2, 0.25) is 0 Å². The predicted octanol–water partition coefficient (Wildman–Crippen LogP) is 3.07. The Morgan fingerprint density at radius 1 is 1.41 bits per heavy atom. The van der Waals surface area contributed by atoms with E-state index in [4.69, 9.17) is 16.3 Å². The van der Waals surface area contributed by atoms with Gasteiger partial charge in [-0.2, -0.15) is 0 Å². The minimum absolute atomic E-state index is 0.0303. The molecule has 1 saturated heterocycles. The maximum Gasteiger partial charge on any atom is 0.179 e. The molecule has 0 aromatic carbocycles. The molecule has 0 amide bonds. The number of fused-ring (bicyclic) bond motifs is 8. The fourth-order valence-electron chi connectivity index (χ4n) is 7.60. The number of hydrogen-bond donors (Lipinski definition) is 1. The van der Waals surface area contributed by atoms with Gasteiger partial charge in [0.25, 0.3) is 0 Å². The van der Waals surface area contributed by atoms with E-state index in [1.165, 1.54) is 5.57 Å². The molecule has 4 nitrogen and oxygen atoms in total. The van der Waals surface area contributed by atoms with Crippen molar-refractivity contribution < 1.29 is 19.4 Å². The number of halogens is 1. The summed E-state index contributed by atoms with van der Waals surface area (Å²) in [6.45, 7) is 6.27. The number of carbonyl (C=O) groups is 2. The number of ether oxygens (including phenoxy) is 1. The summed E-state index contributed by atoms with van der Waals surface area (Å²) in [6.07, 6.45) is 8.20. The molecule has 4 aliphatic carbocycles. The maximum atomic E-state index is 12.8. The number of alkyl halides is 1. The van der Waals surface area contributed by atoms with E-state index in [0.29, 0.717) is 11.8 Å². The van der Waals surface area contributed by atoms with E-state index in [9.17, 15) is 14.7 Å². The zero-order valence-corrected chi connectivity index (χ0v) is 16.8. The molecule has 27 heavy (non-hydrogen) atoms. The van der Waals surface area contributed by atoms with Crippen LogP contribution in [0.4, 0.5) is 0 Å². The molecule has 0 bridgehead atoms. The van der Waals surface area contributed by atoms with E-state index in [2.05, 4.69) is 19.9 Å². The minimum atomic E-state index is -1.42. The highest BCUT2D eigenvalue weighted by molar-refractivity contribution is 6.29. The molecule has 1 aliphatic heterocycles. The van der Waals surface area contributed by atoms with Crippen molar-refractivity contribution >= 4 is 23.2 Å². The largest absolute Gasteiger partial charge is 0.381 e. The molecule has 5 rings (SSSR count). The van der Waals surface area contributed by atoms with Gasteiger partial charge in [-0.3, -0.25) is 9.59 Å². The lowest BCUT2D eigenvalue weighted by molar-refractivity contribution is -0.161. The maximum absolute atomic E-state index is 12.8. The summed E-state index contributed by atoms with van der Waals surface area (Å²) in [5.41, 5.74) is -0.958. The van der Waals surface area contributed by atoms with Crippen molar-refractivity contribution in [3.8, 4) is 0 Å². The van der Waals surface area contributed by atoms with Crippen LogP contribution >= 0.6 is 11.6 Å². The van der Waals surface area contributed by atoms with E-state index < -0.39 is 11.0 Å². The molecule has 1 N–H and O–H groups in total. The Hall–Kier alpha value is -0.970. The molecule has 4 fully saturated rings. The number of allylic oxidation sites excluding steroid dienone is 4. The van der Waals surface area contributed by atoms with E-state index in [1.54, 1.807) is 6.08 Å².